The fourth-order valence-corrected chi connectivity index (χ4v) is 2.62. The van der Waals surface area contributed by atoms with E-state index in [2.05, 4.69) is 10.4 Å². The molecule has 6 heteroatoms. The van der Waals surface area contributed by atoms with Crippen LogP contribution in [0.3, 0.4) is 0 Å². The van der Waals surface area contributed by atoms with Crippen molar-refractivity contribution in [2.24, 2.45) is 0 Å². The number of anilines is 1. The van der Waals surface area contributed by atoms with E-state index < -0.39 is 0 Å². The molecule has 1 amide bonds. The minimum atomic E-state index is -0.0969. The molecule has 0 aliphatic rings. The van der Waals surface area contributed by atoms with E-state index in [1.54, 1.807) is 12.1 Å². The summed E-state index contributed by atoms with van der Waals surface area (Å²) in [5, 5.41) is 16.4. The van der Waals surface area contributed by atoms with Gasteiger partial charge >= 0.3 is 0 Å². The van der Waals surface area contributed by atoms with Crippen LogP contribution in [-0.4, -0.2) is 47.0 Å². The molecule has 2 N–H and O–H groups in total. The van der Waals surface area contributed by atoms with E-state index in [1.165, 1.54) is 0 Å². The number of carbonyl (C=O) groups excluding carboxylic acids is 1. The summed E-state index contributed by atoms with van der Waals surface area (Å²) in [5.41, 5.74) is 3.66. The third-order valence-corrected chi connectivity index (χ3v) is 3.93. The number of aliphatic hydroxyl groups is 1. The van der Waals surface area contributed by atoms with Gasteiger partial charge in [0, 0.05) is 36.6 Å². The number of aliphatic hydroxyl groups excluding tert-OH is 1. The Morgan fingerprint density at radius 1 is 1.33 bits per heavy atom. The SMILES string of the molecule is Cc1cc(C)n(CC(C)NC(=O)c2ccc(N(C)CCO)cc2)n1. The first-order chi connectivity index (χ1) is 11.4. The number of nitrogens with zero attached hydrogens (tertiary/aromatic N) is 3. The maximum Gasteiger partial charge on any atom is 0.251 e. The molecule has 1 aromatic heterocycles. The minimum Gasteiger partial charge on any atom is -0.395 e. The molecular weight excluding hydrogens is 304 g/mol. The van der Waals surface area contributed by atoms with Gasteiger partial charge in [-0.15, -0.1) is 0 Å². The number of amides is 1. The molecule has 1 heterocycles. The number of rotatable bonds is 7. The molecule has 0 saturated heterocycles. The van der Waals surface area contributed by atoms with Crippen LogP contribution in [0.5, 0.6) is 0 Å². The van der Waals surface area contributed by atoms with Crippen molar-refractivity contribution in [1.29, 1.82) is 0 Å². The van der Waals surface area contributed by atoms with Gasteiger partial charge in [0.1, 0.15) is 0 Å². The molecule has 0 radical (unpaired) electrons. The molecule has 2 rings (SSSR count). The quantitative estimate of drug-likeness (QED) is 0.811. The first kappa shape index (κ1) is 18.0. The number of hydrogen-bond donors (Lipinski definition) is 2. The van der Waals surface area contributed by atoms with E-state index in [9.17, 15) is 4.79 Å². The Morgan fingerprint density at radius 2 is 2.00 bits per heavy atom. The molecule has 0 aliphatic carbocycles. The number of nitrogens with one attached hydrogen (secondary N) is 1. The Morgan fingerprint density at radius 3 is 2.54 bits per heavy atom. The van der Waals surface area contributed by atoms with E-state index in [4.69, 9.17) is 5.11 Å². The predicted molar refractivity (Wildman–Crippen MR) is 95.4 cm³/mol. The van der Waals surface area contributed by atoms with Crippen LogP contribution in [0.4, 0.5) is 5.69 Å². The molecule has 1 unspecified atom stereocenters. The zero-order valence-electron chi connectivity index (χ0n) is 14.8. The molecule has 0 fully saturated rings. The Kier molecular flexibility index (Phi) is 5.98. The highest BCUT2D eigenvalue weighted by Gasteiger charge is 2.12. The highest BCUT2D eigenvalue weighted by molar-refractivity contribution is 5.94. The van der Waals surface area contributed by atoms with Crippen molar-refractivity contribution >= 4 is 11.6 Å². The van der Waals surface area contributed by atoms with Crippen molar-refractivity contribution in [1.82, 2.24) is 15.1 Å². The maximum atomic E-state index is 12.3. The van der Waals surface area contributed by atoms with Gasteiger partial charge < -0.3 is 15.3 Å². The lowest BCUT2D eigenvalue weighted by atomic mass is 10.1. The smallest absolute Gasteiger partial charge is 0.251 e. The number of likely N-dealkylation sites (N-methyl/N-ethyl adjacent to an activating group) is 1. The Balaban J connectivity index is 1.95. The Bertz CT molecular complexity index is 679. The lowest BCUT2D eigenvalue weighted by Gasteiger charge is -2.18. The fourth-order valence-electron chi connectivity index (χ4n) is 2.62. The minimum absolute atomic E-state index is 0.0211. The number of aromatic nitrogens is 2. The molecule has 2 aromatic rings. The molecule has 0 saturated carbocycles. The van der Waals surface area contributed by atoms with Crippen LogP contribution in [0.15, 0.2) is 30.3 Å². The molecule has 0 spiro atoms. The summed E-state index contributed by atoms with van der Waals surface area (Å²) < 4.78 is 1.91. The van der Waals surface area contributed by atoms with Crippen LogP contribution >= 0.6 is 0 Å². The summed E-state index contributed by atoms with van der Waals surface area (Å²) in [4.78, 5) is 14.3. The van der Waals surface area contributed by atoms with Crippen molar-refractivity contribution in [2.75, 3.05) is 25.1 Å². The molecule has 6 nitrogen and oxygen atoms in total. The molecule has 130 valence electrons. The van der Waals surface area contributed by atoms with E-state index in [0.29, 0.717) is 18.7 Å². The zero-order valence-corrected chi connectivity index (χ0v) is 14.8. The highest BCUT2D eigenvalue weighted by Crippen LogP contribution is 2.13. The summed E-state index contributed by atoms with van der Waals surface area (Å²) in [5.74, 6) is -0.0969. The normalized spacial score (nSPS) is 12.0. The topological polar surface area (TPSA) is 70.4 Å². The first-order valence-electron chi connectivity index (χ1n) is 8.14. The third-order valence-electron chi connectivity index (χ3n) is 3.93. The van der Waals surface area contributed by atoms with Crippen LogP contribution in [0, 0.1) is 13.8 Å². The van der Waals surface area contributed by atoms with Gasteiger partial charge in [0.2, 0.25) is 0 Å². The number of benzene rings is 1. The predicted octanol–water partition coefficient (Wildman–Crippen LogP) is 1.75. The number of aryl methyl sites for hydroxylation is 2. The van der Waals surface area contributed by atoms with Crippen LogP contribution in [0.25, 0.3) is 0 Å². The summed E-state index contributed by atoms with van der Waals surface area (Å²) in [7, 11) is 1.90. The summed E-state index contributed by atoms with van der Waals surface area (Å²) >= 11 is 0. The summed E-state index contributed by atoms with van der Waals surface area (Å²) in [6, 6.07) is 9.37. The van der Waals surface area contributed by atoms with Crippen molar-refractivity contribution in [3.05, 3.63) is 47.3 Å². The van der Waals surface area contributed by atoms with Gasteiger partial charge in [0.25, 0.3) is 5.91 Å². The van der Waals surface area contributed by atoms with E-state index in [0.717, 1.165) is 17.1 Å². The van der Waals surface area contributed by atoms with E-state index in [1.807, 2.05) is 55.6 Å². The van der Waals surface area contributed by atoms with Gasteiger partial charge in [-0.2, -0.15) is 5.10 Å². The van der Waals surface area contributed by atoms with E-state index in [-0.39, 0.29) is 18.6 Å². The molecular formula is C18H26N4O2. The lowest BCUT2D eigenvalue weighted by Crippen LogP contribution is -2.36. The molecule has 0 bridgehead atoms. The Labute approximate surface area is 143 Å². The van der Waals surface area contributed by atoms with Crippen LogP contribution in [0.1, 0.15) is 28.7 Å². The number of hydrogen-bond acceptors (Lipinski definition) is 4. The summed E-state index contributed by atoms with van der Waals surface area (Å²) in [6.45, 7) is 7.24. The van der Waals surface area contributed by atoms with Crippen LogP contribution in [-0.2, 0) is 6.54 Å². The van der Waals surface area contributed by atoms with Gasteiger partial charge in [-0.1, -0.05) is 0 Å². The van der Waals surface area contributed by atoms with Crippen molar-refractivity contribution < 1.29 is 9.90 Å². The fraction of sp³-hybridized carbons (Fsp3) is 0.444. The monoisotopic (exact) mass is 330 g/mol. The molecule has 1 atom stereocenters. The standard InChI is InChI=1S/C18H26N4O2/c1-13-11-15(3)22(20-13)12-14(2)19-18(24)16-5-7-17(8-6-16)21(4)9-10-23/h5-8,11,14,23H,9-10,12H2,1-4H3,(H,19,24). The van der Waals surface area contributed by atoms with Gasteiger partial charge in [0.15, 0.2) is 0 Å². The molecule has 0 aliphatic heterocycles. The van der Waals surface area contributed by atoms with Crippen molar-refractivity contribution in [3.63, 3.8) is 0 Å². The van der Waals surface area contributed by atoms with Crippen LogP contribution in [0.2, 0.25) is 0 Å². The molecule has 24 heavy (non-hydrogen) atoms. The van der Waals surface area contributed by atoms with Crippen molar-refractivity contribution in [3.8, 4) is 0 Å². The third kappa shape index (κ3) is 4.58. The maximum absolute atomic E-state index is 12.3. The summed E-state index contributed by atoms with van der Waals surface area (Å²) in [6.07, 6.45) is 0. The second-order valence-electron chi connectivity index (χ2n) is 6.18. The van der Waals surface area contributed by atoms with E-state index >= 15 is 0 Å². The largest absolute Gasteiger partial charge is 0.395 e. The molecule has 1 aromatic carbocycles. The van der Waals surface area contributed by atoms with Crippen LogP contribution < -0.4 is 10.2 Å². The Hall–Kier alpha value is -2.34. The highest BCUT2D eigenvalue weighted by atomic mass is 16.3. The average molecular weight is 330 g/mol. The first-order valence-corrected chi connectivity index (χ1v) is 8.14. The second kappa shape index (κ2) is 7.97. The second-order valence-corrected chi connectivity index (χ2v) is 6.18. The number of carbonyl (C=O) groups is 1. The van der Waals surface area contributed by atoms with Crippen molar-refractivity contribution in [2.45, 2.75) is 33.4 Å². The average Bonchev–Trinajstić information content (AvgIpc) is 2.85. The lowest BCUT2D eigenvalue weighted by molar-refractivity contribution is 0.0936. The van der Waals surface area contributed by atoms with Gasteiger partial charge in [-0.25, -0.2) is 0 Å². The van der Waals surface area contributed by atoms with Gasteiger partial charge in [-0.3, -0.25) is 9.48 Å². The van der Waals surface area contributed by atoms with Gasteiger partial charge in [-0.05, 0) is 51.1 Å². The van der Waals surface area contributed by atoms with Gasteiger partial charge in [0.05, 0.1) is 18.8 Å². The zero-order chi connectivity index (χ0) is 17.7.